The third kappa shape index (κ3) is 2.32. The van der Waals surface area contributed by atoms with Gasteiger partial charge in [0, 0.05) is 12.0 Å². The Morgan fingerprint density at radius 1 is 1.12 bits per heavy atom. The minimum atomic E-state index is -0.604. The van der Waals surface area contributed by atoms with Gasteiger partial charge in [0.25, 0.3) is 0 Å². The van der Waals surface area contributed by atoms with Crippen LogP contribution < -0.4 is 0 Å². The van der Waals surface area contributed by atoms with Crippen LogP contribution in [0.2, 0.25) is 0 Å². The molecule has 0 aliphatic rings. The van der Waals surface area contributed by atoms with Gasteiger partial charge in [-0.25, -0.2) is 0 Å². The predicted octanol–water partition coefficient (Wildman–Crippen LogP) is 3.17. The molecule has 2 nitrogen and oxygen atoms in total. The van der Waals surface area contributed by atoms with Crippen LogP contribution in [0, 0.1) is 0 Å². The maximum Gasteiger partial charge on any atom is 0.118 e. The van der Waals surface area contributed by atoms with Gasteiger partial charge in [0.2, 0.25) is 0 Å². The van der Waals surface area contributed by atoms with Crippen LogP contribution in [-0.2, 0) is 4.74 Å². The van der Waals surface area contributed by atoms with Gasteiger partial charge in [-0.05, 0) is 17.0 Å². The highest BCUT2D eigenvalue weighted by atomic mass is 32.1. The minimum Gasteiger partial charge on any atom is -0.384 e. The van der Waals surface area contributed by atoms with Crippen LogP contribution in [0.3, 0.4) is 0 Å². The summed E-state index contributed by atoms with van der Waals surface area (Å²) in [6.45, 7) is 0. The van der Waals surface area contributed by atoms with Gasteiger partial charge in [0.1, 0.15) is 12.2 Å². The van der Waals surface area contributed by atoms with E-state index in [1.807, 2.05) is 47.8 Å². The zero-order valence-electron chi connectivity index (χ0n) is 9.04. The number of rotatable bonds is 4. The highest BCUT2D eigenvalue weighted by molar-refractivity contribution is 7.10. The maximum absolute atomic E-state index is 10.2. The molecule has 2 aromatic rings. The van der Waals surface area contributed by atoms with Crippen molar-refractivity contribution < 1.29 is 9.84 Å². The summed E-state index contributed by atoms with van der Waals surface area (Å²) in [5.41, 5.74) is 0.992. The lowest BCUT2D eigenvalue weighted by Gasteiger charge is -2.20. The molecule has 0 amide bonds. The standard InChI is InChI=1S/C13H14O2S/c1-15-13(10-6-3-2-4-7-10)12(14)11-8-5-9-16-11/h2-9,12-14H,1H3. The smallest absolute Gasteiger partial charge is 0.118 e. The third-order valence-corrected chi connectivity index (χ3v) is 3.45. The first kappa shape index (κ1) is 11.3. The van der Waals surface area contributed by atoms with Gasteiger partial charge in [0.15, 0.2) is 0 Å². The molecule has 84 valence electrons. The monoisotopic (exact) mass is 234 g/mol. The average Bonchev–Trinajstić information content (AvgIpc) is 2.85. The van der Waals surface area contributed by atoms with Crippen molar-refractivity contribution in [3.63, 3.8) is 0 Å². The lowest BCUT2D eigenvalue weighted by Crippen LogP contribution is -2.11. The maximum atomic E-state index is 10.2. The first-order valence-corrected chi connectivity index (χ1v) is 6.00. The van der Waals surface area contributed by atoms with E-state index in [1.165, 1.54) is 11.3 Å². The fourth-order valence-corrected chi connectivity index (χ4v) is 2.43. The fourth-order valence-electron chi connectivity index (χ4n) is 1.70. The van der Waals surface area contributed by atoms with Crippen LogP contribution in [0.15, 0.2) is 47.8 Å². The van der Waals surface area contributed by atoms with Crippen LogP contribution in [0.25, 0.3) is 0 Å². The summed E-state index contributed by atoms with van der Waals surface area (Å²) in [6.07, 6.45) is -0.910. The van der Waals surface area contributed by atoms with E-state index in [0.717, 1.165) is 10.4 Å². The Morgan fingerprint density at radius 3 is 2.44 bits per heavy atom. The number of aliphatic hydroxyl groups is 1. The molecule has 0 aliphatic carbocycles. The number of ether oxygens (including phenoxy) is 1. The molecule has 0 fully saturated rings. The van der Waals surface area contributed by atoms with Gasteiger partial charge in [-0.3, -0.25) is 0 Å². The molecule has 0 spiro atoms. The second-order valence-corrected chi connectivity index (χ2v) is 4.51. The second-order valence-electron chi connectivity index (χ2n) is 3.53. The lowest BCUT2D eigenvalue weighted by atomic mass is 10.0. The molecule has 1 heterocycles. The van der Waals surface area contributed by atoms with Gasteiger partial charge < -0.3 is 9.84 Å². The Balaban J connectivity index is 2.23. The number of benzene rings is 1. The molecular formula is C13H14O2S. The van der Waals surface area contributed by atoms with Crippen molar-refractivity contribution in [2.24, 2.45) is 0 Å². The van der Waals surface area contributed by atoms with Gasteiger partial charge in [-0.15, -0.1) is 11.3 Å². The van der Waals surface area contributed by atoms with Crippen molar-refractivity contribution in [2.75, 3.05) is 7.11 Å². The van der Waals surface area contributed by atoms with Gasteiger partial charge >= 0.3 is 0 Å². The van der Waals surface area contributed by atoms with Crippen LogP contribution in [0.1, 0.15) is 22.6 Å². The number of methoxy groups -OCH3 is 1. The molecule has 1 N–H and O–H groups in total. The van der Waals surface area contributed by atoms with Crippen molar-refractivity contribution >= 4 is 11.3 Å². The minimum absolute atomic E-state index is 0.306. The summed E-state index contributed by atoms with van der Waals surface area (Å²) in [5, 5.41) is 12.2. The predicted molar refractivity (Wildman–Crippen MR) is 65.5 cm³/mol. The molecule has 2 rings (SSSR count). The Hall–Kier alpha value is -1.16. The van der Waals surface area contributed by atoms with E-state index in [0.29, 0.717) is 0 Å². The largest absolute Gasteiger partial charge is 0.384 e. The van der Waals surface area contributed by atoms with Crippen molar-refractivity contribution in [3.8, 4) is 0 Å². The molecule has 2 unspecified atom stereocenters. The van der Waals surface area contributed by atoms with Gasteiger partial charge in [-0.2, -0.15) is 0 Å². The topological polar surface area (TPSA) is 29.5 Å². The third-order valence-electron chi connectivity index (χ3n) is 2.50. The van der Waals surface area contributed by atoms with E-state index in [4.69, 9.17) is 4.74 Å². The summed E-state index contributed by atoms with van der Waals surface area (Å²) < 4.78 is 5.38. The Bertz CT molecular complexity index is 411. The molecule has 0 bridgehead atoms. The number of hydrogen-bond acceptors (Lipinski definition) is 3. The van der Waals surface area contributed by atoms with Gasteiger partial charge in [-0.1, -0.05) is 36.4 Å². The fraction of sp³-hybridized carbons (Fsp3) is 0.231. The Kier molecular flexibility index (Phi) is 3.72. The molecule has 0 aliphatic heterocycles. The molecule has 1 aromatic carbocycles. The Labute approximate surface area is 99.1 Å². The number of aliphatic hydroxyl groups excluding tert-OH is 1. The van der Waals surface area contributed by atoms with E-state index in [9.17, 15) is 5.11 Å². The van der Waals surface area contributed by atoms with E-state index >= 15 is 0 Å². The van der Waals surface area contributed by atoms with E-state index in [2.05, 4.69) is 0 Å². The quantitative estimate of drug-likeness (QED) is 0.880. The second kappa shape index (κ2) is 5.25. The summed E-state index contributed by atoms with van der Waals surface area (Å²) in [7, 11) is 1.62. The molecule has 0 saturated carbocycles. The van der Waals surface area contributed by atoms with E-state index in [-0.39, 0.29) is 6.10 Å². The molecule has 1 aromatic heterocycles. The van der Waals surface area contributed by atoms with Crippen LogP contribution in [0.5, 0.6) is 0 Å². The highest BCUT2D eigenvalue weighted by Crippen LogP contribution is 2.33. The molecule has 2 atom stereocenters. The SMILES string of the molecule is COC(c1ccccc1)C(O)c1cccs1. The lowest BCUT2D eigenvalue weighted by molar-refractivity contribution is -0.0131. The Morgan fingerprint density at radius 2 is 1.88 bits per heavy atom. The first-order chi connectivity index (χ1) is 7.83. The molecule has 3 heteroatoms. The van der Waals surface area contributed by atoms with E-state index in [1.54, 1.807) is 7.11 Å². The average molecular weight is 234 g/mol. The zero-order chi connectivity index (χ0) is 11.4. The highest BCUT2D eigenvalue weighted by Gasteiger charge is 2.22. The molecule has 16 heavy (non-hydrogen) atoms. The van der Waals surface area contributed by atoms with Crippen LogP contribution in [-0.4, -0.2) is 12.2 Å². The van der Waals surface area contributed by atoms with Gasteiger partial charge in [0.05, 0.1) is 0 Å². The normalized spacial score (nSPS) is 14.6. The van der Waals surface area contributed by atoms with E-state index < -0.39 is 6.10 Å². The van der Waals surface area contributed by atoms with Crippen LogP contribution >= 0.6 is 11.3 Å². The van der Waals surface area contributed by atoms with Crippen molar-refractivity contribution in [2.45, 2.75) is 12.2 Å². The molecule has 0 radical (unpaired) electrons. The summed E-state index contributed by atoms with van der Waals surface area (Å²) >= 11 is 1.54. The number of thiophene rings is 1. The zero-order valence-corrected chi connectivity index (χ0v) is 9.85. The number of hydrogen-bond donors (Lipinski definition) is 1. The van der Waals surface area contributed by atoms with Crippen molar-refractivity contribution in [1.29, 1.82) is 0 Å². The molecule has 0 saturated heterocycles. The first-order valence-electron chi connectivity index (χ1n) is 5.12. The molecular weight excluding hydrogens is 220 g/mol. The summed E-state index contributed by atoms with van der Waals surface area (Å²) in [4.78, 5) is 0.927. The van der Waals surface area contributed by atoms with Crippen molar-refractivity contribution in [1.82, 2.24) is 0 Å². The van der Waals surface area contributed by atoms with Crippen molar-refractivity contribution in [3.05, 3.63) is 58.3 Å². The summed E-state index contributed by atoms with van der Waals surface area (Å²) in [5.74, 6) is 0. The van der Waals surface area contributed by atoms with Crippen LogP contribution in [0.4, 0.5) is 0 Å². The summed E-state index contributed by atoms with van der Waals surface area (Å²) in [6, 6.07) is 13.6.